The van der Waals surface area contributed by atoms with Gasteiger partial charge in [0.15, 0.2) is 0 Å². The van der Waals surface area contributed by atoms with E-state index in [0.29, 0.717) is 6.07 Å². The third-order valence-corrected chi connectivity index (χ3v) is 3.66. The molecule has 106 valence electrons. The molecule has 0 heterocycles. The Hall–Kier alpha value is -0.970. The van der Waals surface area contributed by atoms with Gasteiger partial charge in [0.25, 0.3) is 5.69 Å². The van der Waals surface area contributed by atoms with Crippen molar-refractivity contribution in [1.29, 1.82) is 0 Å². The second kappa shape index (κ2) is 5.19. The fourth-order valence-corrected chi connectivity index (χ4v) is 2.42. The van der Waals surface area contributed by atoms with Crippen LogP contribution in [0.3, 0.4) is 0 Å². The highest BCUT2D eigenvalue weighted by Crippen LogP contribution is 2.46. The molecule has 0 bridgehead atoms. The van der Waals surface area contributed by atoms with Gasteiger partial charge in [0.1, 0.15) is 0 Å². The van der Waals surface area contributed by atoms with Gasteiger partial charge in [0, 0.05) is 21.5 Å². The smallest absolute Gasteiger partial charge is 0.258 e. The Morgan fingerprint density at radius 2 is 1.68 bits per heavy atom. The summed E-state index contributed by atoms with van der Waals surface area (Å²) in [6.45, 7) is 0. The first-order valence-corrected chi connectivity index (χ1v) is 5.83. The van der Waals surface area contributed by atoms with E-state index in [9.17, 15) is 36.5 Å². The summed E-state index contributed by atoms with van der Waals surface area (Å²) in [6, 6.07) is 0.599. The second-order valence-corrected chi connectivity index (χ2v) is 5.01. The van der Waals surface area contributed by atoms with Crippen LogP contribution in [0.2, 0.25) is 0 Å². The molecule has 0 spiro atoms. The molecule has 0 aliphatic rings. The van der Waals surface area contributed by atoms with Gasteiger partial charge in [-0.05, 0) is 27.7 Å². The van der Waals surface area contributed by atoms with Crippen LogP contribution >= 0.6 is 27.7 Å². The van der Waals surface area contributed by atoms with Crippen molar-refractivity contribution in [2.45, 2.75) is 16.6 Å². The van der Waals surface area contributed by atoms with Crippen LogP contribution in [-0.2, 0) is 6.18 Å². The number of nitro benzene ring substituents is 1. The minimum absolute atomic E-state index is 0.171. The van der Waals surface area contributed by atoms with E-state index in [0.717, 1.165) is 0 Å². The molecule has 0 aliphatic heterocycles. The molecule has 0 radical (unpaired) electrons. The summed E-state index contributed by atoms with van der Waals surface area (Å²) in [5.41, 5.74) is -7.46. The van der Waals surface area contributed by atoms with Crippen molar-refractivity contribution < 1.29 is 31.3 Å². The van der Waals surface area contributed by atoms with Gasteiger partial charge in [-0.2, -0.15) is 26.3 Å². The van der Waals surface area contributed by atoms with Crippen LogP contribution in [-0.4, -0.2) is 10.4 Å². The molecule has 11 heteroatoms. The highest BCUT2D eigenvalue weighted by atomic mass is 79.9. The van der Waals surface area contributed by atoms with Crippen molar-refractivity contribution in [2.75, 3.05) is 0 Å². The second-order valence-electron chi connectivity index (χ2n) is 3.11. The predicted molar refractivity (Wildman–Crippen MR) is 57.7 cm³/mol. The number of alkyl halides is 6. The molecule has 0 aromatic heterocycles. The first kappa shape index (κ1) is 16.1. The Kier molecular flexibility index (Phi) is 4.40. The summed E-state index contributed by atoms with van der Waals surface area (Å²) in [5.74, 6) is 0. The third kappa shape index (κ3) is 4.27. The van der Waals surface area contributed by atoms with Crippen molar-refractivity contribution in [1.82, 2.24) is 0 Å². The van der Waals surface area contributed by atoms with E-state index in [1.54, 1.807) is 0 Å². The molecule has 19 heavy (non-hydrogen) atoms. The first-order valence-electron chi connectivity index (χ1n) is 4.22. The Labute approximate surface area is 114 Å². The van der Waals surface area contributed by atoms with E-state index in [1.807, 2.05) is 0 Å². The van der Waals surface area contributed by atoms with Crippen LogP contribution in [0, 0.1) is 10.1 Å². The van der Waals surface area contributed by atoms with E-state index in [4.69, 9.17) is 0 Å². The van der Waals surface area contributed by atoms with Crippen LogP contribution in [0.15, 0.2) is 21.5 Å². The molecule has 0 atom stereocenters. The van der Waals surface area contributed by atoms with E-state index in [1.165, 1.54) is 0 Å². The minimum Gasteiger partial charge on any atom is -0.258 e. The van der Waals surface area contributed by atoms with Crippen LogP contribution in [0.25, 0.3) is 0 Å². The van der Waals surface area contributed by atoms with Crippen molar-refractivity contribution in [3.63, 3.8) is 0 Å². The molecule has 0 unspecified atom stereocenters. The monoisotopic (exact) mass is 369 g/mol. The summed E-state index contributed by atoms with van der Waals surface area (Å²) in [5, 5.41) is 10.4. The van der Waals surface area contributed by atoms with E-state index < -0.39 is 49.0 Å². The van der Waals surface area contributed by atoms with E-state index in [-0.39, 0.29) is 6.07 Å². The lowest BCUT2D eigenvalue weighted by Crippen LogP contribution is -2.09. The zero-order valence-corrected chi connectivity index (χ0v) is 10.9. The molecule has 0 fully saturated rings. The quantitative estimate of drug-likeness (QED) is 0.319. The maximum absolute atomic E-state index is 12.6. The van der Waals surface area contributed by atoms with Gasteiger partial charge < -0.3 is 0 Å². The summed E-state index contributed by atoms with van der Waals surface area (Å²) >= 11 is 1.53. The highest BCUT2D eigenvalue weighted by Gasteiger charge is 2.38. The van der Waals surface area contributed by atoms with Crippen LogP contribution in [0.5, 0.6) is 0 Å². The number of thioether (sulfide) groups is 1. The number of halogens is 7. The summed E-state index contributed by atoms with van der Waals surface area (Å²) < 4.78 is 73.3. The van der Waals surface area contributed by atoms with E-state index >= 15 is 0 Å². The maximum atomic E-state index is 12.6. The Morgan fingerprint density at radius 3 is 2.05 bits per heavy atom. The lowest BCUT2D eigenvalue weighted by molar-refractivity contribution is -0.385. The SMILES string of the molecule is O=[N+]([O-])c1cc(SC(F)(F)F)c(Br)c(C(F)(F)F)c1. The molecule has 1 aromatic rings. The number of nitrogens with zero attached hydrogens (tertiary/aromatic N) is 1. The molecule has 0 saturated carbocycles. The van der Waals surface area contributed by atoms with Gasteiger partial charge in [-0.15, -0.1) is 0 Å². The lowest BCUT2D eigenvalue weighted by Gasteiger charge is -2.13. The summed E-state index contributed by atoms with van der Waals surface area (Å²) in [4.78, 5) is 8.33. The Morgan fingerprint density at radius 1 is 1.16 bits per heavy atom. The fraction of sp³-hybridized carbons (Fsp3) is 0.250. The van der Waals surface area contributed by atoms with Gasteiger partial charge >= 0.3 is 11.7 Å². The third-order valence-electron chi connectivity index (χ3n) is 1.77. The average molecular weight is 370 g/mol. The fourth-order valence-electron chi connectivity index (χ4n) is 1.09. The first-order chi connectivity index (χ1) is 8.42. The topological polar surface area (TPSA) is 43.1 Å². The van der Waals surface area contributed by atoms with Crippen LogP contribution in [0.4, 0.5) is 32.0 Å². The molecule has 0 aliphatic carbocycles. The van der Waals surface area contributed by atoms with Gasteiger partial charge in [-0.25, -0.2) is 0 Å². The highest BCUT2D eigenvalue weighted by molar-refractivity contribution is 9.10. The maximum Gasteiger partial charge on any atom is 0.446 e. The molecule has 0 saturated heterocycles. The number of hydrogen-bond donors (Lipinski definition) is 0. The molecular formula is C8H2BrF6NO2S. The number of hydrogen-bond acceptors (Lipinski definition) is 3. The van der Waals surface area contributed by atoms with Crippen molar-refractivity contribution >= 4 is 33.4 Å². The van der Waals surface area contributed by atoms with Crippen LogP contribution < -0.4 is 0 Å². The van der Waals surface area contributed by atoms with Crippen molar-refractivity contribution in [2.24, 2.45) is 0 Å². The standard InChI is InChI=1S/C8H2BrF6NO2S/c9-6-4(7(10,11)12)1-3(16(17)18)2-5(6)19-8(13,14)15/h1-2H. The summed E-state index contributed by atoms with van der Waals surface area (Å²) in [6.07, 6.45) is -5.01. The zero-order valence-electron chi connectivity index (χ0n) is 8.47. The predicted octanol–water partition coefficient (Wildman–Crippen LogP) is 4.99. The molecule has 0 N–H and O–H groups in total. The van der Waals surface area contributed by atoms with Gasteiger partial charge in [-0.3, -0.25) is 10.1 Å². The number of rotatable bonds is 2. The zero-order chi connectivity index (χ0) is 15.0. The van der Waals surface area contributed by atoms with E-state index in [2.05, 4.69) is 15.9 Å². The largest absolute Gasteiger partial charge is 0.446 e. The molecule has 3 nitrogen and oxygen atoms in total. The molecule has 1 aromatic carbocycles. The number of non-ortho nitro benzene ring substituents is 1. The normalized spacial score (nSPS) is 12.6. The Balaban J connectivity index is 3.46. The minimum atomic E-state index is -5.01. The number of nitro groups is 1. The number of benzene rings is 1. The van der Waals surface area contributed by atoms with Gasteiger partial charge in [-0.1, -0.05) is 0 Å². The molecule has 0 amide bonds. The molecular weight excluding hydrogens is 368 g/mol. The molecule has 1 rings (SSSR count). The van der Waals surface area contributed by atoms with Crippen molar-refractivity contribution in [3.05, 3.63) is 32.3 Å². The van der Waals surface area contributed by atoms with Crippen molar-refractivity contribution in [3.8, 4) is 0 Å². The van der Waals surface area contributed by atoms with Gasteiger partial charge in [0.2, 0.25) is 0 Å². The summed E-state index contributed by atoms with van der Waals surface area (Å²) in [7, 11) is 0. The van der Waals surface area contributed by atoms with Gasteiger partial charge in [0.05, 0.1) is 10.5 Å². The average Bonchev–Trinajstić information content (AvgIpc) is 2.16. The Bertz CT molecular complexity index is 515. The van der Waals surface area contributed by atoms with Crippen LogP contribution in [0.1, 0.15) is 5.56 Å². The lowest BCUT2D eigenvalue weighted by atomic mass is 10.2.